The van der Waals surface area contributed by atoms with E-state index in [1.807, 2.05) is 11.8 Å². The molecule has 0 bridgehead atoms. The summed E-state index contributed by atoms with van der Waals surface area (Å²) in [5, 5.41) is 0. The van der Waals surface area contributed by atoms with Crippen LogP contribution in [-0.4, -0.2) is 5.71 Å². The van der Waals surface area contributed by atoms with Crippen LogP contribution in [0.1, 0.15) is 41.5 Å². The first-order chi connectivity index (χ1) is 10.1. The maximum absolute atomic E-state index is 4.84. The predicted octanol–water partition coefficient (Wildman–Crippen LogP) is 6.40. The molecule has 1 nitrogen and oxygen atoms in total. The highest BCUT2D eigenvalue weighted by Crippen LogP contribution is 2.57. The van der Waals surface area contributed by atoms with E-state index in [2.05, 4.69) is 84.0 Å². The zero-order valence-electron chi connectivity index (χ0n) is 14.4. The number of benzene rings is 1. The number of hydrogen-bond donors (Lipinski definition) is 0. The molecule has 2 aliphatic rings. The first-order valence-electron chi connectivity index (χ1n) is 7.92. The Kier molecular flexibility index (Phi) is 3.45. The van der Waals surface area contributed by atoms with Gasteiger partial charge >= 0.3 is 0 Å². The molecule has 1 aliphatic carbocycles. The minimum Gasteiger partial charge on any atom is -0.247 e. The second-order valence-electron chi connectivity index (χ2n) is 8.28. The summed E-state index contributed by atoms with van der Waals surface area (Å²) in [6.07, 6.45) is 7.07. The lowest BCUT2D eigenvalue weighted by atomic mass is 9.53. The highest BCUT2D eigenvalue weighted by atomic mass is 32.2. The van der Waals surface area contributed by atoms with E-state index in [9.17, 15) is 0 Å². The average Bonchev–Trinajstić information content (AvgIpc) is 2.42. The van der Waals surface area contributed by atoms with E-state index in [1.54, 1.807) is 0 Å². The minimum absolute atomic E-state index is 0.0215. The van der Waals surface area contributed by atoms with Gasteiger partial charge in [0.25, 0.3) is 0 Å². The van der Waals surface area contributed by atoms with Crippen LogP contribution in [0.2, 0.25) is 0 Å². The summed E-state index contributed by atoms with van der Waals surface area (Å²) in [5.74, 6) is 0. The lowest BCUT2D eigenvalue weighted by Gasteiger charge is -2.52. The smallest absolute Gasteiger partial charge is 0.0776 e. The van der Waals surface area contributed by atoms with Crippen LogP contribution in [-0.2, 0) is 0 Å². The van der Waals surface area contributed by atoms with E-state index >= 15 is 0 Å². The lowest BCUT2D eigenvalue weighted by Crippen LogP contribution is -2.45. The molecule has 0 unspecified atom stereocenters. The molecule has 0 aromatic heterocycles. The molecule has 0 saturated carbocycles. The van der Waals surface area contributed by atoms with Gasteiger partial charge in [-0.15, -0.1) is 0 Å². The fourth-order valence-corrected chi connectivity index (χ4v) is 4.80. The number of allylic oxidation sites excluding steroid dienone is 4. The van der Waals surface area contributed by atoms with Crippen LogP contribution in [0.15, 0.2) is 57.3 Å². The number of para-hydroxylation sites is 1. The van der Waals surface area contributed by atoms with Gasteiger partial charge in [-0.3, -0.25) is 0 Å². The van der Waals surface area contributed by atoms with Crippen molar-refractivity contribution in [1.29, 1.82) is 0 Å². The van der Waals surface area contributed by atoms with Crippen LogP contribution in [0.25, 0.3) is 0 Å². The molecule has 1 aromatic carbocycles. The first-order valence-corrected chi connectivity index (χ1v) is 8.74. The Morgan fingerprint density at radius 1 is 0.955 bits per heavy atom. The highest BCUT2D eigenvalue weighted by Gasteiger charge is 2.49. The molecule has 0 atom stereocenters. The first kappa shape index (κ1) is 15.6. The molecule has 116 valence electrons. The molecule has 22 heavy (non-hydrogen) atoms. The van der Waals surface area contributed by atoms with Crippen molar-refractivity contribution in [3.8, 4) is 0 Å². The fraction of sp³-hybridized carbons (Fsp3) is 0.450. The Balaban J connectivity index is 2.15. The van der Waals surface area contributed by atoms with Crippen molar-refractivity contribution in [2.75, 3.05) is 0 Å². The summed E-state index contributed by atoms with van der Waals surface area (Å²) in [6, 6.07) is 8.40. The average molecular weight is 311 g/mol. The molecule has 0 saturated heterocycles. The molecule has 0 radical (unpaired) electrons. The molecule has 0 spiro atoms. The third kappa shape index (κ3) is 2.28. The maximum atomic E-state index is 4.84. The SMILES string of the molecule is CC(C)(C)C1(C(C)(C)C)C=CC2=Nc3ccccc3SC2=C1. The van der Waals surface area contributed by atoms with Crippen molar-refractivity contribution in [1.82, 2.24) is 0 Å². The molecule has 1 aliphatic heterocycles. The Bertz CT molecular complexity index is 679. The van der Waals surface area contributed by atoms with Crippen molar-refractivity contribution in [3.05, 3.63) is 47.4 Å². The van der Waals surface area contributed by atoms with Crippen LogP contribution in [0, 0.1) is 16.2 Å². The molecule has 0 fully saturated rings. The quantitative estimate of drug-likeness (QED) is 0.540. The van der Waals surface area contributed by atoms with Crippen molar-refractivity contribution in [2.45, 2.75) is 46.4 Å². The lowest BCUT2D eigenvalue weighted by molar-refractivity contribution is 0.0666. The summed E-state index contributed by atoms with van der Waals surface area (Å²) in [6.45, 7) is 14.0. The number of thioether (sulfide) groups is 1. The maximum Gasteiger partial charge on any atom is 0.0776 e. The van der Waals surface area contributed by atoms with E-state index in [1.165, 1.54) is 9.80 Å². The van der Waals surface area contributed by atoms with Crippen LogP contribution in [0.5, 0.6) is 0 Å². The van der Waals surface area contributed by atoms with E-state index in [-0.39, 0.29) is 16.2 Å². The van der Waals surface area contributed by atoms with E-state index in [0.717, 1.165) is 11.4 Å². The molecular weight excluding hydrogens is 286 g/mol. The van der Waals surface area contributed by atoms with Crippen LogP contribution in [0.4, 0.5) is 5.69 Å². The molecule has 1 heterocycles. The van der Waals surface area contributed by atoms with Gasteiger partial charge in [0.1, 0.15) is 0 Å². The van der Waals surface area contributed by atoms with Gasteiger partial charge in [0.05, 0.1) is 11.4 Å². The standard InChI is InChI=1S/C20H25NS/c1-18(2,3)20(19(4,5)6)12-11-15-17(13-20)22-16-10-8-7-9-14(16)21-15/h7-13H,1-6H3. The monoisotopic (exact) mass is 311 g/mol. The zero-order chi connectivity index (χ0) is 16.2. The number of rotatable bonds is 0. The third-order valence-electron chi connectivity index (χ3n) is 4.92. The topological polar surface area (TPSA) is 12.4 Å². The fourth-order valence-electron chi connectivity index (χ4n) is 3.74. The highest BCUT2D eigenvalue weighted by molar-refractivity contribution is 8.04. The summed E-state index contributed by atoms with van der Waals surface area (Å²) in [5.41, 5.74) is 2.51. The molecule has 3 rings (SSSR count). The van der Waals surface area contributed by atoms with Gasteiger partial charge in [-0.2, -0.15) is 0 Å². The zero-order valence-corrected chi connectivity index (χ0v) is 15.2. The van der Waals surface area contributed by atoms with Gasteiger partial charge in [0.15, 0.2) is 0 Å². The van der Waals surface area contributed by atoms with Crippen molar-refractivity contribution >= 4 is 23.2 Å². The van der Waals surface area contributed by atoms with Gasteiger partial charge in [-0.05, 0) is 29.0 Å². The summed E-state index contributed by atoms with van der Waals surface area (Å²) >= 11 is 1.85. The second kappa shape index (κ2) is 4.86. The van der Waals surface area contributed by atoms with Crippen molar-refractivity contribution in [3.63, 3.8) is 0 Å². The molecule has 2 heteroatoms. The van der Waals surface area contributed by atoms with Gasteiger partial charge in [0, 0.05) is 15.2 Å². The number of hydrogen-bond acceptors (Lipinski definition) is 2. The van der Waals surface area contributed by atoms with Crippen LogP contribution >= 0.6 is 11.8 Å². The van der Waals surface area contributed by atoms with E-state index in [0.29, 0.717) is 0 Å². The van der Waals surface area contributed by atoms with Crippen molar-refractivity contribution < 1.29 is 0 Å². The summed E-state index contributed by atoms with van der Waals surface area (Å²) in [4.78, 5) is 7.39. The van der Waals surface area contributed by atoms with E-state index < -0.39 is 0 Å². The normalized spacial score (nSPS) is 19.9. The minimum atomic E-state index is 0.0215. The molecule has 1 aromatic rings. The van der Waals surface area contributed by atoms with E-state index in [4.69, 9.17) is 4.99 Å². The summed E-state index contributed by atoms with van der Waals surface area (Å²) < 4.78 is 0. The van der Waals surface area contributed by atoms with Crippen LogP contribution in [0.3, 0.4) is 0 Å². The third-order valence-corrected chi connectivity index (χ3v) is 6.04. The Labute approximate surface area is 138 Å². The number of nitrogens with zero attached hydrogens (tertiary/aromatic N) is 1. The molecule has 0 amide bonds. The van der Waals surface area contributed by atoms with Crippen molar-refractivity contribution in [2.24, 2.45) is 21.2 Å². The van der Waals surface area contributed by atoms with Gasteiger partial charge in [-0.1, -0.05) is 77.6 Å². The Morgan fingerprint density at radius 2 is 1.59 bits per heavy atom. The molecule has 0 N–H and O–H groups in total. The van der Waals surface area contributed by atoms with Gasteiger partial charge in [-0.25, -0.2) is 4.99 Å². The van der Waals surface area contributed by atoms with Gasteiger partial charge < -0.3 is 0 Å². The second-order valence-corrected chi connectivity index (χ2v) is 9.36. The Hall–Kier alpha value is -1.28. The molecular formula is C20H25NS. The largest absolute Gasteiger partial charge is 0.247 e. The number of aliphatic imine (C=N–C) groups is 1. The van der Waals surface area contributed by atoms with Crippen LogP contribution < -0.4 is 0 Å². The predicted molar refractivity (Wildman–Crippen MR) is 98.0 cm³/mol. The summed E-state index contributed by atoms with van der Waals surface area (Å²) in [7, 11) is 0. The Morgan fingerprint density at radius 3 is 2.23 bits per heavy atom. The van der Waals surface area contributed by atoms with Gasteiger partial charge in [0.2, 0.25) is 0 Å². The number of fused-ring (bicyclic) bond motifs is 2.